The van der Waals surface area contributed by atoms with Crippen molar-refractivity contribution in [2.75, 3.05) is 27.2 Å². The predicted molar refractivity (Wildman–Crippen MR) is 123 cm³/mol. The quantitative estimate of drug-likeness (QED) is 0.676. The Morgan fingerprint density at radius 1 is 1.20 bits per heavy atom. The number of hydrogen-bond donors (Lipinski definition) is 1. The molecule has 35 heavy (non-hydrogen) atoms. The molecule has 0 radical (unpaired) electrons. The molecule has 1 aliphatic carbocycles. The maximum atomic E-state index is 12.4. The summed E-state index contributed by atoms with van der Waals surface area (Å²) in [6.07, 6.45) is -1.06. The molecule has 2 heterocycles. The van der Waals surface area contributed by atoms with Gasteiger partial charge in [0.2, 0.25) is 5.91 Å². The highest BCUT2D eigenvalue weighted by atomic mass is 19.4. The van der Waals surface area contributed by atoms with Gasteiger partial charge in [0, 0.05) is 32.6 Å². The Morgan fingerprint density at radius 3 is 2.31 bits per heavy atom. The number of carboxylic acids is 1. The predicted octanol–water partition coefficient (Wildman–Crippen LogP) is 4.42. The third-order valence-electron chi connectivity index (χ3n) is 7.15. The number of carbonyl (C=O) groups excluding carboxylic acids is 1. The van der Waals surface area contributed by atoms with Gasteiger partial charge in [0.25, 0.3) is 0 Å². The second-order valence-electron chi connectivity index (χ2n) is 9.64. The van der Waals surface area contributed by atoms with Crippen molar-refractivity contribution in [3.8, 4) is 0 Å². The molecule has 1 spiro atoms. The van der Waals surface area contributed by atoms with E-state index in [0.717, 1.165) is 50.4 Å². The van der Waals surface area contributed by atoms with Crippen LogP contribution in [0.5, 0.6) is 0 Å². The molecule has 1 unspecified atom stereocenters. The highest BCUT2D eigenvalue weighted by molar-refractivity contribution is 5.77. The number of amides is 1. The lowest BCUT2D eigenvalue weighted by molar-refractivity contribution is -0.192. The number of likely N-dealkylation sites (tertiary alicyclic amines) is 1. The third kappa shape index (κ3) is 6.04. The number of fused-ring (bicyclic) bond motifs is 2. The average molecular weight is 496 g/mol. The van der Waals surface area contributed by atoms with Crippen molar-refractivity contribution < 1.29 is 32.4 Å². The minimum absolute atomic E-state index is 0.225. The van der Waals surface area contributed by atoms with E-state index in [1.165, 1.54) is 16.7 Å². The zero-order chi connectivity index (χ0) is 26.0. The molecular formula is C25H32F3N3O4. The Kier molecular flexibility index (Phi) is 7.93. The van der Waals surface area contributed by atoms with Crippen LogP contribution in [0.25, 0.3) is 0 Å². The van der Waals surface area contributed by atoms with Crippen LogP contribution in [0.1, 0.15) is 59.7 Å². The lowest BCUT2D eigenvalue weighted by Crippen LogP contribution is -2.41. The molecule has 7 nitrogen and oxygen atoms in total. The van der Waals surface area contributed by atoms with Crippen LogP contribution in [0.15, 0.2) is 28.8 Å². The van der Waals surface area contributed by atoms with E-state index in [1.807, 2.05) is 27.9 Å². The van der Waals surface area contributed by atoms with E-state index < -0.39 is 12.1 Å². The molecule has 2 aliphatic rings. The van der Waals surface area contributed by atoms with Gasteiger partial charge in [-0.2, -0.15) is 13.2 Å². The smallest absolute Gasteiger partial charge is 0.475 e. The summed E-state index contributed by atoms with van der Waals surface area (Å²) < 4.78 is 37.1. The molecule has 4 rings (SSSR count). The summed E-state index contributed by atoms with van der Waals surface area (Å²) >= 11 is 0. The number of alkyl halides is 3. The molecule has 192 valence electrons. The first-order valence-corrected chi connectivity index (χ1v) is 11.6. The minimum atomic E-state index is -5.08. The molecule has 2 aromatic rings. The zero-order valence-electron chi connectivity index (χ0n) is 20.5. The van der Waals surface area contributed by atoms with Crippen LogP contribution >= 0.6 is 0 Å². The van der Waals surface area contributed by atoms with Gasteiger partial charge >= 0.3 is 12.1 Å². The van der Waals surface area contributed by atoms with Gasteiger partial charge in [-0.05, 0) is 68.7 Å². The SMILES string of the molecule is Cc1noc(C)c1CN1CCC2(CC1)CC(CC(=O)N(C)C)c1ccccc12.O=C(O)C(F)(F)F. The van der Waals surface area contributed by atoms with Crippen molar-refractivity contribution in [1.29, 1.82) is 0 Å². The van der Waals surface area contributed by atoms with Gasteiger partial charge in [-0.3, -0.25) is 9.69 Å². The van der Waals surface area contributed by atoms with E-state index in [1.54, 1.807) is 4.90 Å². The van der Waals surface area contributed by atoms with Crippen LogP contribution in [0, 0.1) is 13.8 Å². The van der Waals surface area contributed by atoms with Crippen LogP contribution in [0.4, 0.5) is 13.2 Å². The highest BCUT2D eigenvalue weighted by Crippen LogP contribution is 2.52. The van der Waals surface area contributed by atoms with Crippen LogP contribution in [0.2, 0.25) is 0 Å². The van der Waals surface area contributed by atoms with Crippen LogP contribution < -0.4 is 0 Å². The second-order valence-corrected chi connectivity index (χ2v) is 9.64. The molecule has 1 aliphatic heterocycles. The molecule has 0 bridgehead atoms. The number of piperidine rings is 1. The summed E-state index contributed by atoms with van der Waals surface area (Å²) in [5.74, 6) is -1.24. The number of carbonyl (C=O) groups is 2. The van der Waals surface area contributed by atoms with Crippen molar-refractivity contribution >= 4 is 11.9 Å². The number of halogens is 3. The Hall–Kier alpha value is -2.88. The summed E-state index contributed by atoms with van der Waals surface area (Å²) in [5.41, 5.74) is 5.35. The third-order valence-corrected chi connectivity index (χ3v) is 7.15. The van der Waals surface area contributed by atoms with E-state index in [4.69, 9.17) is 14.4 Å². The molecule has 10 heteroatoms. The number of hydrogen-bond acceptors (Lipinski definition) is 5. The van der Waals surface area contributed by atoms with Gasteiger partial charge in [0.15, 0.2) is 0 Å². The standard InChI is InChI=1S/C23H31N3O2.C2HF3O2/c1-16-20(17(2)28-24-16)15-26-11-9-23(10-12-26)14-18(13-22(27)25(3)4)19-7-5-6-8-21(19)23;3-2(4,5)1(6)7/h5-8,18H,9-15H2,1-4H3;(H,6,7). The van der Waals surface area contributed by atoms with E-state index in [0.29, 0.717) is 12.3 Å². The monoisotopic (exact) mass is 495 g/mol. The van der Waals surface area contributed by atoms with Crippen molar-refractivity contribution in [2.24, 2.45) is 0 Å². The van der Waals surface area contributed by atoms with E-state index in [9.17, 15) is 18.0 Å². The average Bonchev–Trinajstić information content (AvgIpc) is 3.27. The number of aryl methyl sites for hydroxylation is 2. The number of benzene rings is 1. The van der Waals surface area contributed by atoms with Crippen LogP contribution in [0.3, 0.4) is 0 Å². The maximum Gasteiger partial charge on any atom is 0.490 e. The van der Waals surface area contributed by atoms with E-state index in [2.05, 4.69) is 34.3 Å². The molecule has 0 saturated carbocycles. The molecule has 1 saturated heterocycles. The number of aliphatic carboxylic acids is 1. The minimum Gasteiger partial charge on any atom is -0.475 e. The van der Waals surface area contributed by atoms with Crippen molar-refractivity contribution in [3.63, 3.8) is 0 Å². The largest absolute Gasteiger partial charge is 0.490 e. The maximum absolute atomic E-state index is 12.4. The van der Waals surface area contributed by atoms with E-state index >= 15 is 0 Å². The summed E-state index contributed by atoms with van der Waals surface area (Å²) in [6, 6.07) is 8.83. The fourth-order valence-corrected chi connectivity index (χ4v) is 5.17. The molecule has 1 aromatic carbocycles. The lowest BCUT2D eigenvalue weighted by Gasteiger charge is -2.40. The van der Waals surface area contributed by atoms with Gasteiger partial charge in [-0.15, -0.1) is 0 Å². The lowest BCUT2D eigenvalue weighted by atomic mass is 9.73. The van der Waals surface area contributed by atoms with Crippen molar-refractivity contribution in [2.45, 2.75) is 63.6 Å². The molecule has 1 atom stereocenters. The highest BCUT2D eigenvalue weighted by Gasteiger charge is 2.45. The first-order chi connectivity index (χ1) is 16.3. The molecular weight excluding hydrogens is 463 g/mol. The first-order valence-electron chi connectivity index (χ1n) is 11.6. The van der Waals surface area contributed by atoms with Crippen LogP contribution in [-0.4, -0.2) is 65.3 Å². The van der Waals surface area contributed by atoms with Crippen molar-refractivity contribution in [3.05, 3.63) is 52.4 Å². The number of nitrogens with zero attached hydrogens (tertiary/aromatic N) is 3. The Bertz CT molecular complexity index is 1040. The Labute approximate surface area is 202 Å². The second kappa shape index (κ2) is 10.4. The molecule has 1 fully saturated rings. The first kappa shape index (κ1) is 26.7. The van der Waals surface area contributed by atoms with Gasteiger partial charge in [-0.25, -0.2) is 4.79 Å². The topological polar surface area (TPSA) is 86.9 Å². The Balaban J connectivity index is 0.000000429. The molecule has 1 N–H and O–H groups in total. The van der Waals surface area contributed by atoms with E-state index in [-0.39, 0.29) is 11.3 Å². The summed E-state index contributed by atoms with van der Waals surface area (Å²) in [5, 5.41) is 11.2. The number of aromatic nitrogens is 1. The number of carboxylic acid groups (broad SMARTS) is 1. The Morgan fingerprint density at radius 2 is 1.80 bits per heavy atom. The van der Waals surface area contributed by atoms with Crippen molar-refractivity contribution in [1.82, 2.24) is 15.0 Å². The van der Waals surface area contributed by atoms with Gasteiger partial charge in [-0.1, -0.05) is 29.4 Å². The molecule has 1 aromatic heterocycles. The van der Waals surface area contributed by atoms with Gasteiger partial charge in [0.05, 0.1) is 5.69 Å². The molecule has 1 amide bonds. The van der Waals surface area contributed by atoms with Gasteiger partial charge in [0.1, 0.15) is 5.76 Å². The van der Waals surface area contributed by atoms with Gasteiger partial charge < -0.3 is 14.5 Å². The number of rotatable bonds is 4. The summed E-state index contributed by atoms with van der Waals surface area (Å²) in [7, 11) is 3.71. The summed E-state index contributed by atoms with van der Waals surface area (Å²) in [6.45, 7) is 7.10. The zero-order valence-corrected chi connectivity index (χ0v) is 20.5. The fourth-order valence-electron chi connectivity index (χ4n) is 5.17. The normalized spacial score (nSPS) is 19.1. The summed E-state index contributed by atoms with van der Waals surface area (Å²) in [4.78, 5) is 25.5. The fraction of sp³-hybridized carbons (Fsp3) is 0.560. The van der Waals surface area contributed by atoms with Crippen LogP contribution in [-0.2, 0) is 21.5 Å².